The van der Waals surface area contributed by atoms with Crippen molar-refractivity contribution in [3.05, 3.63) is 47.2 Å². The Morgan fingerprint density at radius 2 is 1.96 bits per heavy atom. The lowest BCUT2D eigenvalue weighted by Gasteiger charge is -2.49. The monoisotopic (exact) mass is 390 g/mol. The van der Waals surface area contributed by atoms with E-state index in [0.29, 0.717) is 12.0 Å². The van der Waals surface area contributed by atoms with Gasteiger partial charge >= 0.3 is 5.97 Å². The molecule has 1 aromatic rings. The molecule has 144 valence electrons. The summed E-state index contributed by atoms with van der Waals surface area (Å²) in [5.41, 5.74) is 1.25. The van der Waals surface area contributed by atoms with Crippen LogP contribution in [-0.2, 0) is 31.6 Å². The van der Waals surface area contributed by atoms with Gasteiger partial charge in [-0.2, -0.15) is 0 Å². The Balaban J connectivity index is 1.77. The second-order valence-electron chi connectivity index (χ2n) is 7.19. The van der Waals surface area contributed by atoms with Crippen molar-refractivity contribution < 1.29 is 23.7 Å². The molecule has 0 bridgehead atoms. The lowest BCUT2D eigenvalue weighted by Crippen LogP contribution is -2.73. The summed E-state index contributed by atoms with van der Waals surface area (Å²) >= 11 is 0. The number of carboxylic acids is 1. The number of benzene rings is 1. The Bertz CT molecular complexity index is 834. The van der Waals surface area contributed by atoms with Gasteiger partial charge in [-0.1, -0.05) is 44.2 Å². The first-order valence-corrected chi connectivity index (χ1v) is 10.2. The maximum atomic E-state index is 12.7. The number of nitrogens with zero attached hydrogens (tertiary/aromatic N) is 1. The van der Waals surface area contributed by atoms with Crippen molar-refractivity contribution in [2.75, 3.05) is 5.75 Å². The second kappa shape index (κ2) is 7.64. The van der Waals surface area contributed by atoms with Crippen molar-refractivity contribution in [1.82, 2.24) is 10.2 Å². The highest BCUT2D eigenvalue weighted by Gasteiger charge is 2.57. The first-order valence-electron chi connectivity index (χ1n) is 8.78. The number of nitrogens with one attached hydrogen (secondary N) is 1. The van der Waals surface area contributed by atoms with Gasteiger partial charge in [-0.15, -0.1) is 0 Å². The van der Waals surface area contributed by atoms with Crippen molar-refractivity contribution in [3.63, 3.8) is 0 Å². The van der Waals surface area contributed by atoms with Gasteiger partial charge in [0.15, 0.2) is 0 Å². The summed E-state index contributed by atoms with van der Waals surface area (Å²) in [4.78, 5) is 37.6. The minimum atomic E-state index is -1.46. The first kappa shape index (κ1) is 19.3. The molecule has 1 saturated heterocycles. The van der Waals surface area contributed by atoms with Crippen LogP contribution in [0.15, 0.2) is 41.6 Å². The number of rotatable bonds is 6. The Morgan fingerprint density at radius 1 is 1.30 bits per heavy atom. The van der Waals surface area contributed by atoms with E-state index in [2.05, 4.69) is 5.32 Å². The topological polar surface area (TPSA) is 104 Å². The summed E-state index contributed by atoms with van der Waals surface area (Å²) in [5.74, 6) is -1.78. The summed E-state index contributed by atoms with van der Waals surface area (Å²) < 4.78 is 12.7. The van der Waals surface area contributed by atoms with E-state index >= 15 is 0 Å². The smallest absolute Gasteiger partial charge is 0.352 e. The van der Waals surface area contributed by atoms with Gasteiger partial charge in [-0.25, -0.2) is 4.79 Å². The van der Waals surface area contributed by atoms with Crippen LogP contribution in [0.2, 0.25) is 0 Å². The van der Waals surface area contributed by atoms with Crippen LogP contribution in [0, 0.1) is 5.92 Å². The zero-order chi connectivity index (χ0) is 19.7. The van der Waals surface area contributed by atoms with Crippen LogP contribution in [0.4, 0.5) is 0 Å². The van der Waals surface area contributed by atoms with Crippen LogP contribution in [0.5, 0.6) is 0 Å². The number of hydrogen-bond donors (Lipinski definition) is 2. The number of amides is 2. The number of carbonyl (C=O) groups is 3. The molecule has 2 aliphatic rings. The van der Waals surface area contributed by atoms with Crippen molar-refractivity contribution in [2.24, 2.45) is 5.92 Å². The van der Waals surface area contributed by atoms with Crippen LogP contribution in [0.1, 0.15) is 25.8 Å². The Kier molecular flexibility index (Phi) is 5.46. The fraction of sp³-hybridized carbons (Fsp3) is 0.421. The summed E-state index contributed by atoms with van der Waals surface area (Å²) in [6, 6.07) is 8.13. The molecule has 2 amide bonds. The minimum absolute atomic E-state index is 0.0770. The molecule has 0 saturated carbocycles. The highest BCUT2D eigenvalue weighted by molar-refractivity contribution is 7.86. The predicted octanol–water partition coefficient (Wildman–Crippen LogP) is 1.03. The number of hydrogen-bond acceptors (Lipinski definition) is 4. The van der Waals surface area contributed by atoms with Gasteiger partial charge in [-0.3, -0.25) is 18.7 Å². The van der Waals surface area contributed by atoms with Crippen LogP contribution in [0.3, 0.4) is 0 Å². The molecule has 0 aromatic heterocycles. The van der Waals surface area contributed by atoms with Crippen LogP contribution in [0.25, 0.3) is 0 Å². The molecule has 2 aliphatic heterocycles. The van der Waals surface area contributed by atoms with Crippen molar-refractivity contribution in [3.8, 4) is 0 Å². The summed E-state index contributed by atoms with van der Waals surface area (Å²) in [5, 5.41) is 11.4. The van der Waals surface area contributed by atoms with Gasteiger partial charge in [0, 0.05) is 5.75 Å². The van der Waals surface area contributed by atoms with Crippen molar-refractivity contribution in [1.29, 1.82) is 0 Å². The van der Waals surface area contributed by atoms with E-state index in [9.17, 15) is 23.7 Å². The van der Waals surface area contributed by atoms with Gasteiger partial charge in [0.1, 0.15) is 17.1 Å². The molecule has 7 nitrogen and oxygen atoms in total. The van der Waals surface area contributed by atoms with Crippen LogP contribution < -0.4 is 5.32 Å². The zero-order valence-corrected chi connectivity index (χ0v) is 16.0. The first-order chi connectivity index (χ1) is 12.8. The molecule has 0 spiro atoms. The van der Waals surface area contributed by atoms with E-state index in [1.54, 1.807) is 12.1 Å². The molecule has 3 rings (SSSR count). The zero-order valence-electron chi connectivity index (χ0n) is 15.2. The fourth-order valence-electron chi connectivity index (χ4n) is 3.51. The van der Waals surface area contributed by atoms with Crippen molar-refractivity contribution >= 4 is 28.6 Å². The molecular formula is C19H22N2O5S. The fourth-order valence-corrected chi connectivity index (χ4v) is 5.21. The van der Waals surface area contributed by atoms with Crippen LogP contribution in [-0.4, -0.2) is 49.2 Å². The van der Waals surface area contributed by atoms with Crippen molar-refractivity contribution in [2.45, 2.75) is 38.1 Å². The Labute approximate surface area is 159 Å². The van der Waals surface area contributed by atoms with E-state index in [-0.39, 0.29) is 29.7 Å². The third kappa shape index (κ3) is 3.80. The number of aliphatic carboxylic acids is 1. The molecule has 2 heterocycles. The summed E-state index contributed by atoms with van der Waals surface area (Å²) in [7, 11) is -1.46. The molecular weight excluding hydrogens is 368 g/mol. The van der Waals surface area contributed by atoms with E-state index < -0.39 is 34.1 Å². The van der Waals surface area contributed by atoms with Gasteiger partial charge in [0.05, 0.1) is 17.2 Å². The van der Waals surface area contributed by atoms with E-state index in [1.807, 2.05) is 32.0 Å². The van der Waals surface area contributed by atoms with E-state index in [1.165, 1.54) is 0 Å². The second-order valence-corrected chi connectivity index (χ2v) is 8.72. The van der Waals surface area contributed by atoms with E-state index in [4.69, 9.17) is 0 Å². The summed E-state index contributed by atoms with van der Waals surface area (Å²) in [6.07, 6.45) is 0.569. The molecule has 8 heteroatoms. The Hall–Kier alpha value is -2.48. The molecule has 0 radical (unpaired) electrons. The molecule has 1 fully saturated rings. The molecule has 3 unspecified atom stereocenters. The third-order valence-corrected chi connectivity index (χ3v) is 6.24. The maximum Gasteiger partial charge on any atom is 0.352 e. The number of carbonyl (C=O) groups excluding carboxylic acids is 2. The number of β-lactam (4-membered cyclic amide) rings is 1. The standard InChI is InChI=1S/C19H22N2O5S/c1-11(2)8-13-10-27(26)18-15(17(23)21(18)16(13)19(24)25)20-14(22)9-12-6-4-3-5-7-12/h3-7,11,15,18H,8-10H2,1-2H3,(H,20,22)(H,24,25). The molecule has 2 N–H and O–H groups in total. The number of carboxylic acid groups (broad SMARTS) is 1. The predicted molar refractivity (Wildman–Crippen MR) is 99.8 cm³/mol. The Morgan fingerprint density at radius 3 is 2.56 bits per heavy atom. The lowest BCUT2D eigenvalue weighted by atomic mass is 9.97. The highest BCUT2D eigenvalue weighted by Crippen LogP contribution is 2.36. The third-order valence-electron chi connectivity index (χ3n) is 4.59. The molecule has 1 aromatic carbocycles. The maximum absolute atomic E-state index is 12.7. The quantitative estimate of drug-likeness (QED) is 0.706. The summed E-state index contributed by atoms with van der Waals surface area (Å²) in [6.45, 7) is 3.87. The van der Waals surface area contributed by atoms with Crippen LogP contribution >= 0.6 is 0 Å². The average Bonchev–Trinajstić information content (AvgIpc) is 2.59. The van der Waals surface area contributed by atoms with Gasteiger partial charge in [-0.05, 0) is 23.5 Å². The SMILES string of the molecule is CC(C)CC1=C(C(=O)O)N2C(=O)C(NC(=O)Cc3ccccc3)C2S(=O)C1. The van der Waals surface area contributed by atoms with Gasteiger partial charge < -0.3 is 10.4 Å². The minimum Gasteiger partial charge on any atom is -0.477 e. The molecule has 0 aliphatic carbocycles. The lowest BCUT2D eigenvalue weighted by molar-refractivity contribution is -0.150. The van der Waals surface area contributed by atoms with Gasteiger partial charge in [0.25, 0.3) is 5.91 Å². The largest absolute Gasteiger partial charge is 0.477 e. The normalized spacial score (nSPS) is 24.5. The number of fused-ring (bicyclic) bond motifs is 1. The average molecular weight is 390 g/mol. The molecule has 3 atom stereocenters. The van der Waals surface area contributed by atoms with Gasteiger partial charge in [0.2, 0.25) is 5.91 Å². The highest BCUT2D eigenvalue weighted by atomic mass is 32.2. The molecule has 27 heavy (non-hydrogen) atoms. The van der Waals surface area contributed by atoms with E-state index in [0.717, 1.165) is 10.5 Å².